The third-order valence-corrected chi connectivity index (χ3v) is 7.50. The summed E-state index contributed by atoms with van der Waals surface area (Å²) in [6.45, 7) is 0.580. The predicted molar refractivity (Wildman–Crippen MR) is 126 cm³/mol. The van der Waals surface area contributed by atoms with Gasteiger partial charge in [0.25, 0.3) is 10.0 Å². The minimum Gasteiger partial charge on any atom is -0.395 e. The zero-order valence-electron chi connectivity index (χ0n) is 18.7. The standard InChI is InChI=1S/C25H31N3O4S/c26-19-27-33(31,32)24-9-5-4-8-23(24)22-13-10-21(11-14-22)18-28(16-17-29)25(30)15-12-20-6-2-1-3-7-20/h4-5,8-11,13-14,20,27,29H,1-3,6-7,12,15-18H2. The Kier molecular flexibility index (Phi) is 8.87. The van der Waals surface area contributed by atoms with Crippen LogP contribution in [0.2, 0.25) is 0 Å². The summed E-state index contributed by atoms with van der Waals surface area (Å²) in [6, 6.07) is 13.8. The van der Waals surface area contributed by atoms with Crippen LogP contribution in [-0.4, -0.2) is 37.5 Å². The van der Waals surface area contributed by atoms with E-state index < -0.39 is 10.0 Å². The highest BCUT2D eigenvalue weighted by molar-refractivity contribution is 7.89. The molecule has 2 aromatic carbocycles. The SMILES string of the molecule is N#CNS(=O)(=O)c1ccccc1-c1ccc(CN(CCO)C(=O)CCC2CCCCC2)cc1. The normalized spacial score (nSPS) is 14.4. The number of hydrogen-bond acceptors (Lipinski definition) is 5. The summed E-state index contributed by atoms with van der Waals surface area (Å²) in [5.74, 6) is 0.683. The van der Waals surface area contributed by atoms with Gasteiger partial charge in [-0.15, -0.1) is 0 Å². The fraction of sp³-hybridized carbons (Fsp3) is 0.440. The van der Waals surface area contributed by atoms with Gasteiger partial charge in [-0.25, -0.2) is 13.1 Å². The number of hydrogen-bond donors (Lipinski definition) is 2. The van der Waals surface area contributed by atoms with Crippen molar-refractivity contribution in [1.29, 1.82) is 5.26 Å². The van der Waals surface area contributed by atoms with Crippen LogP contribution in [0.5, 0.6) is 0 Å². The van der Waals surface area contributed by atoms with Gasteiger partial charge in [0.05, 0.1) is 11.5 Å². The van der Waals surface area contributed by atoms with E-state index in [1.165, 1.54) is 44.4 Å². The summed E-state index contributed by atoms with van der Waals surface area (Å²) >= 11 is 0. The maximum atomic E-state index is 12.8. The highest BCUT2D eigenvalue weighted by Gasteiger charge is 2.20. The molecule has 1 fully saturated rings. The van der Waals surface area contributed by atoms with Crippen molar-refractivity contribution in [3.05, 3.63) is 54.1 Å². The fourth-order valence-corrected chi connectivity index (χ4v) is 5.40. The molecular weight excluding hydrogens is 438 g/mol. The molecule has 3 rings (SSSR count). The van der Waals surface area contributed by atoms with E-state index in [2.05, 4.69) is 0 Å². The van der Waals surface area contributed by atoms with Crippen LogP contribution in [-0.2, 0) is 21.4 Å². The van der Waals surface area contributed by atoms with E-state index in [9.17, 15) is 18.3 Å². The van der Waals surface area contributed by atoms with Crippen molar-refractivity contribution in [3.63, 3.8) is 0 Å². The van der Waals surface area contributed by atoms with Gasteiger partial charge >= 0.3 is 0 Å². The first-order valence-electron chi connectivity index (χ1n) is 11.4. The van der Waals surface area contributed by atoms with E-state index in [1.54, 1.807) is 35.2 Å². The third kappa shape index (κ3) is 6.80. The van der Waals surface area contributed by atoms with Crippen molar-refractivity contribution in [1.82, 2.24) is 9.62 Å². The van der Waals surface area contributed by atoms with Crippen LogP contribution >= 0.6 is 0 Å². The molecule has 0 aliphatic heterocycles. The van der Waals surface area contributed by atoms with Crippen LogP contribution in [0.3, 0.4) is 0 Å². The molecule has 0 heterocycles. The molecule has 0 bridgehead atoms. The molecule has 8 heteroatoms. The molecule has 1 saturated carbocycles. The van der Waals surface area contributed by atoms with E-state index in [0.29, 0.717) is 30.0 Å². The molecule has 1 aliphatic rings. The van der Waals surface area contributed by atoms with Gasteiger partial charge in [0, 0.05) is 25.1 Å². The van der Waals surface area contributed by atoms with Gasteiger partial charge < -0.3 is 10.0 Å². The smallest absolute Gasteiger partial charge is 0.270 e. The van der Waals surface area contributed by atoms with E-state index in [1.807, 2.05) is 16.9 Å². The molecule has 0 aromatic heterocycles. The molecule has 33 heavy (non-hydrogen) atoms. The van der Waals surface area contributed by atoms with Crippen LogP contribution in [0.4, 0.5) is 0 Å². The van der Waals surface area contributed by atoms with Gasteiger partial charge in [-0.2, -0.15) is 5.26 Å². The number of sulfonamides is 1. The lowest BCUT2D eigenvalue weighted by molar-refractivity contribution is -0.132. The van der Waals surface area contributed by atoms with E-state index in [0.717, 1.165) is 12.0 Å². The molecule has 7 nitrogen and oxygen atoms in total. The minimum absolute atomic E-state index is 0.0269. The van der Waals surface area contributed by atoms with Crippen LogP contribution in [0, 0.1) is 17.4 Å². The number of nitrogens with one attached hydrogen (secondary N) is 1. The third-order valence-electron chi connectivity index (χ3n) is 6.21. The Labute approximate surface area is 196 Å². The molecule has 0 saturated heterocycles. The number of benzene rings is 2. The van der Waals surface area contributed by atoms with Gasteiger partial charge in [0.15, 0.2) is 6.19 Å². The Morgan fingerprint density at radius 2 is 1.79 bits per heavy atom. The molecule has 0 radical (unpaired) electrons. The number of nitriles is 1. The zero-order valence-corrected chi connectivity index (χ0v) is 19.6. The number of carbonyl (C=O) groups is 1. The molecule has 0 unspecified atom stereocenters. The number of rotatable bonds is 10. The van der Waals surface area contributed by atoms with Crippen molar-refractivity contribution < 1.29 is 18.3 Å². The second-order valence-electron chi connectivity index (χ2n) is 8.49. The second kappa shape index (κ2) is 11.8. The first kappa shape index (κ1) is 24.7. The van der Waals surface area contributed by atoms with Crippen molar-refractivity contribution in [2.75, 3.05) is 13.2 Å². The Balaban J connectivity index is 1.70. The molecule has 2 N–H and O–H groups in total. The average molecular weight is 470 g/mol. The molecule has 176 valence electrons. The van der Waals surface area contributed by atoms with Crippen LogP contribution in [0.25, 0.3) is 11.1 Å². The number of aliphatic hydroxyl groups excluding tert-OH is 1. The van der Waals surface area contributed by atoms with E-state index in [4.69, 9.17) is 5.26 Å². The van der Waals surface area contributed by atoms with Crippen molar-refractivity contribution in [2.45, 2.75) is 56.4 Å². The number of carbonyl (C=O) groups excluding carboxylic acids is 1. The van der Waals surface area contributed by atoms with Gasteiger partial charge in [-0.3, -0.25) is 4.79 Å². The highest BCUT2D eigenvalue weighted by Crippen LogP contribution is 2.29. The fourth-order valence-electron chi connectivity index (χ4n) is 4.44. The molecule has 0 atom stereocenters. The average Bonchev–Trinajstić information content (AvgIpc) is 2.83. The summed E-state index contributed by atoms with van der Waals surface area (Å²) in [6.07, 6.45) is 9.09. The Morgan fingerprint density at radius 1 is 1.09 bits per heavy atom. The lowest BCUT2D eigenvalue weighted by Gasteiger charge is -2.25. The van der Waals surface area contributed by atoms with Crippen molar-refractivity contribution in [2.24, 2.45) is 5.92 Å². The largest absolute Gasteiger partial charge is 0.395 e. The molecule has 0 spiro atoms. The maximum absolute atomic E-state index is 12.8. The molecule has 2 aromatic rings. The molecule has 1 aliphatic carbocycles. The van der Waals surface area contributed by atoms with Crippen LogP contribution in [0.15, 0.2) is 53.4 Å². The Hall–Kier alpha value is -2.89. The second-order valence-corrected chi connectivity index (χ2v) is 10.1. The lowest BCUT2D eigenvalue weighted by atomic mass is 9.86. The van der Waals surface area contributed by atoms with Crippen LogP contribution in [0.1, 0.15) is 50.5 Å². The highest BCUT2D eigenvalue weighted by atomic mass is 32.2. The number of amides is 1. The van der Waals surface area contributed by atoms with Gasteiger partial charge in [-0.05, 0) is 29.5 Å². The Morgan fingerprint density at radius 3 is 2.45 bits per heavy atom. The quantitative estimate of drug-likeness (QED) is 0.406. The summed E-state index contributed by atoms with van der Waals surface area (Å²) in [5.41, 5.74) is 2.08. The molecule has 1 amide bonds. The first-order valence-corrected chi connectivity index (χ1v) is 12.9. The Bertz CT molecular complexity index is 1070. The van der Waals surface area contributed by atoms with Crippen molar-refractivity contribution in [3.8, 4) is 17.3 Å². The first-order chi connectivity index (χ1) is 15.9. The maximum Gasteiger partial charge on any atom is 0.270 e. The van der Waals surface area contributed by atoms with Gasteiger partial charge in [0.1, 0.15) is 0 Å². The van der Waals surface area contributed by atoms with Crippen LogP contribution < -0.4 is 4.72 Å². The zero-order chi connectivity index (χ0) is 23.7. The summed E-state index contributed by atoms with van der Waals surface area (Å²) < 4.78 is 26.6. The topological polar surface area (TPSA) is 110 Å². The number of nitrogens with zero attached hydrogens (tertiary/aromatic N) is 2. The predicted octanol–water partition coefficient (Wildman–Crippen LogP) is 3.79. The van der Waals surface area contributed by atoms with Gasteiger partial charge in [0.2, 0.25) is 5.91 Å². The monoisotopic (exact) mass is 469 g/mol. The van der Waals surface area contributed by atoms with Crippen molar-refractivity contribution >= 4 is 15.9 Å². The summed E-state index contributed by atoms with van der Waals surface area (Å²) in [4.78, 5) is 14.5. The summed E-state index contributed by atoms with van der Waals surface area (Å²) in [5, 5.41) is 18.2. The minimum atomic E-state index is -3.94. The molecular formula is C25H31N3O4S. The lowest BCUT2D eigenvalue weighted by Crippen LogP contribution is -2.33. The van der Waals surface area contributed by atoms with E-state index in [-0.39, 0.29) is 24.0 Å². The van der Waals surface area contributed by atoms with Gasteiger partial charge in [-0.1, -0.05) is 74.6 Å². The van der Waals surface area contributed by atoms with E-state index >= 15 is 0 Å². The number of aliphatic hydroxyl groups is 1. The summed E-state index contributed by atoms with van der Waals surface area (Å²) in [7, 11) is -3.94.